The minimum Gasteiger partial charge on any atom is -0.466 e. The average Bonchev–Trinajstić information content (AvgIpc) is 2.96. The molecule has 1 heterocycles. The zero-order valence-electron chi connectivity index (χ0n) is 16.1. The Balaban J connectivity index is 1.92. The van der Waals surface area contributed by atoms with Crippen molar-refractivity contribution in [3.05, 3.63) is 53.0 Å². The van der Waals surface area contributed by atoms with E-state index in [-0.39, 0.29) is 24.3 Å². The molecule has 0 atom stereocenters. The van der Waals surface area contributed by atoms with E-state index in [9.17, 15) is 14.4 Å². The number of carbonyl (C=O) groups excluding carboxylic acids is 3. The Labute approximate surface area is 158 Å². The lowest BCUT2D eigenvalue weighted by Gasteiger charge is -2.19. The predicted octanol–water partition coefficient (Wildman–Crippen LogP) is 2.63. The molecule has 0 aliphatic rings. The topological polar surface area (TPSA) is 91.7 Å². The van der Waals surface area contributed by atoms with Crippen LogP contribution < -0.4 is 10.6 Å². The third-order valence-electron chi connectivity index (χ3n) is 4.11. The number of hydrogen-bond acceptors (Lipinski definition) is 4. The van der Waals surface area contributed by atoms with Gasteiger partial charge in [-0.15, -0.1) is 0 Å². The summed E-state index contributed by atoms with van der Waals surface area (Å²) in [4.78, 5) is 37.5. The molecule has 0 aliphatic heterocycles. The van der Waals surface area contributed by atoms with Crippen molar-refractivity contribution < 1.29 is 18.8 Å². The zero-order valence-corrected chi connectivity index (χ0v) is 16.1. The van der Waals surface area contributed by atoms with Crippen LogP contribution in [0.3, 0.4) is 0 Å². The molecule has 2 N–H and O–H groups in total. The maximum absolute atomic E-state index is 12.1. The van der Waals surface area contributed by atoms with Crippen LogP contribution in [0, 0.1) is 13.8 Å². The van der Waals surface area contributed by atoms with Crippen molar-refractivity contribution in [1.29, 1.82) is 0 Å². The molecule has 0 saturated carbocycles. The number of furan rings is 1. The Kier molecular flexibility index (Phi) is 6.76. The molecular formula is C20H25N3O4. The average molecular weight is 371 g/mol. The highest BCUT2D eigenvalue weighted by atomic mass is 16.3. The number of nitrogens with zero attached hydrogens (tertiary/aromatic N) is 1. The molecule has 0 unspecified atom stereocenters. The van der Waals surface area contributed by atoms with Crippen molar-refractivity contribution in [3.63, 3.8) is 0 Å². The van der Waals surface area contributed by atoms with Crippen molar-refractivity contribution in [2.75, 3.05) is 18.4 Å². The lowest BCUT2D eigenvalue weighted by atomic mass is 10.2. The van der Waals surface area contributed by atoms with Crippen molar-refractivity contribution in [2.45, 2.75) is 34.2 Å². The molecule has 2 aromatic rings. The second-order valence-corrected chi connectivity index (χ2v) is 6.29. The molecule has 144 valence electrons. The van der Waals surface area contributed by atoms with Crippen LogP contribution in [0.4, 0.5) is 5.69 Å². The van der Waals surface area contributed by atoms with Crippen LogP contribution >= 0.6 is 0 Å². The molecule has 0 aliphatic carbocycles. The van der Waals surface area contributed by atoms with E-state index in [4.69, 9.17) is 4.42 Å². The second kappa shape index (κ2) is 9.02. The van der Waals surface area contributed by atoms with Crippen LogP contribution in [-0.4, -0.2) is 35.7 Å². The van der Waals surface area contributed by atoms with Crippen molar-refractivity contribution in [3.8, 4) is 0 Å². The highest BCUT2D eigenvalue weighted by Gasteiger charge is 2.14. The first kappa shape index (κ1) is 20.2. The predicted molar refractivity (Wildman–Crippen MR) is 102 cm³/mol. The first-order chi connectivity index (χ1) is 12.8. The molecule has 7 heteroatoms. The molecule has 3 amide bonds. The Morgan fingerprint density at radius 3 is 2.48 bits per heavy atom. The fourth-order valence-corrected chi connectivity index (χ4v) is 2.73. The molecule has 2 rings (SSSR count). The van der Waals surface area contributed by atoms with Crippen LogP contribution in [0.25, 0.3) is 0 Å². The van der Waals surface area contributed by atoms with Crippen molar-refractivity contribution in [2.24, 2.45) is 0 Å². The van der Waals surface area contributed by atoms with Gasteiger partial charge in [-0.05, 0) is 44.5 Å². The summed E-state index contributed by atoms with van der Waals surface area (Å²) in [6.45, 7) is 7.85. The standard InChI is InChI=1S/C20H25N3O4/c1-5-23(15(4)24)12-16-7-6-8-17(10-16)22-19(25)11-21-20(26)18-9-13(2)27-14(18)3/h6-10H,5,11-12H2,1-4H3,(H,21,26)(H,22,25). The Bertz CT molecular complexity index is 842. The molecular weight excluding hydrogens is 346 g/mol. The Hall–Kier alpha value is -3.09. The van der Waals surface area contributed by atoms with Gasteiger partial charge in [0.05, 0.1) is 12.1 Å². The minimum atomic E-state index is -0.353. The first-order valence-electron chi connectivity index (χ1n) is 8.79. The fourth-order valence-electron chi connectivity index (χ4n) is 2.73. The molecule has 0 saturated heterocycles. The van der Waals surface area contributed by atoms with E-state index in [1.807, 2.05) is 25.1 Å². The first-order valence-corrected chi connectivity index (χ1v) is 8.79. The summed E-state index contributed by atoms with van der Waals surface area (Å²) in [5, 5.41) is 5.33. The Morgan fingerprint density at radius 1 is 1.15 bits per heavy atom. The summed E-state index contributed by atoms with van der Waals surface area (Å²) in [5.74, 6) is 0.472. The zero-order chi connectivity index (χ0) is 20.0. The van der Waals surface area contributed by atoms with Gasteiger partial charge in [-0.3, -0.25) is 14.4 Å². The number of carbonyl (C=O) groups is 3. The van der Waals surface area contributed by atoms with Gasteiger partial charge >= 0.3 is 0 Å². The number of amides is 3. The summed E-state index contributed by atoms with van der Waals surface area (Å²) in [5.41, 5.74) is 1.95. The largest absolute Gasteiger partial charge is 0.466 e. The van der Waals surface area contributed by atoms with E-state index in [2.05, 4.69) is 10.6 Å². The van der Waals surface area contributed by atoms with Crippen molar-refractivity contribution in [1.82, 2.24) is 10.2 Å². The summed E-state index contributed by atoms with van der Waals surface area (Å²) < 4.78 is 5.32. The highest BCUT2D eigenvalue weighted by molar-refractivity contribution is 5.99. The quantitative estimate of drug-likeness (QED) is 0.783. The lowest BCUT2D eigenvalue weighted by molar-refractivity contribution is -0.129. The monoisotopic (exact) mass is 371 g/mol. The van der Waals surface area contributed by atoms with Gasteiger partial charge in [0.25, 0.3) is 5.91 Å². The van der Waals surface area contributed by atoms with Crippen LogP contribution in [-0.2, 0) is 16.1 Å². The van der Waals surface area contributed by atoms with E-state index in [1.165, 1.54) is 6.92 Å². The van der Waals surface area contributed by atoms with Gasteiger partial charge in [0, 0.05) is 25.7 Å². The van der Waals surface area contributed by atoms with Gasteiger partial charge in [-0.1, -0.05) is 12.1 Å². The van der Waals surface area contributed by atoms with Crippen molar-refractivity contribution >= 4 is 23.4 Å². The van der Waals surface area contributed by atoms with Gasteiger partial charge in [0.15, 0.2) is 0 Å². The van der Waals surface area contributed by atoms with E-state index in [1.54, 1.807) is 30.9 Å². The summed E-state index contributed by atoms with van der Waals surface area (Å²) in [6, 6.07) is 8.93. The molecule has 7 nitrogen and oxygen atoms in total. The molecule has 0 spiro atoms. The highest BCUT2D eigenvalue weighted by Crippen LogP contribution is 2.14. The third kappa shape index (κ3) is 5.70. The minimum absolute atomic E-state index is 0.000530. The molecule has 1 aromatic heterocycles. The summed E-state index contributed by atoms with van der Waals surface area (Å²) in [6.07, 6.45) is 0. The number of anilines is 1. The SMILES string of the molecule is CCN(Cc1cccc(NC(=O)CNC(=O)c2cc(C)oc2C)c1)C(C)=O. The van der Waals surface area contributed by atoms with E-state index in [0.29, 0.717) is 35.9 Å². The van der Waals surface area contributed by atoms with Gasteiger partial charge in [0.2, 0.25) is 11.8 Å². The van der Waals surface area contributed by atoms with Crippen LogP contribution in [0.5, 0.6) is 0 Å². The van der Waals surface area contributed by atoms with Crippen LogP contribution in [0.1, 0.15) is 41.3 Å². The number of benzene rings is 1. The normalized spacial score (nSPS) is 10.4. The van der Waals surface area contributed by atoms with E-state index < -0.39 is 0 Å². The summed E-state index contributed by atoms with van der Waals surface area (Å²) in [7, 11) is 0. The smallest absolute Gasteiger partial charge is 0.255 e. The molecule has 27 heavy (non-hydrogen) atoms. The third-order valence-corrected chi connectivity index (χ3v) is 4.11. The van der Waals surface area contributed by atoms with Gasteiger partial charge in [-0.2, -0.15) is 0 Å². The molecule has 0 radical (unpaired) electrons. The van der Waals surface area contributed by atoms with E-state index in [0.717, 1.165) is 5.56 Å². The fraction of sp³-hybridized carbons (Fsp3) is 0.350. The number of nitrogens with one attached hydrogen (secondary N) is 2. The number of aryl methyl sites for hydroxylation is 2. The molecule has 0 bridgehead atoms. The van der Waals surface area contributed by atoms with Gasteiger partial charge in [0.1, 0.15) is 11.5 Å². The Morgan fingerprint density at radius 2 is 1.89 bits per heavy atom. The lowest BCUT2D eigenvalue weighted by Crippen LogP contribution is -2.33. The van der Waals surface area contributed by atoms with Gasteiger partial charge < -0.3 is 20.0 Å². The maximum atomic E-state index is 12.1. The van der Waals surface area contributed by atoms with E-state index >= 15 is 0 Å². The van der Waals surface area contributed by atoms with Gasteiger partial charge in [-0.25, -0.2) is 0 Å². The molecule has 0 fully saturated rings. The summed E-state index contributed by atoms with van der Waals surface area (Å²) >= 11 is 0. The second-order valence-electron chi connectivity index (χ2n) is 6.29. The van der Waals surface area contributed by atoms with Crippen LogP contribution in [0.2, 0.25) is 0 Å². The van der Waals surface area contributed by atoms with Crippen LogP contribution in [0.15, 0.2) is 34.7 Å². The molecule has 1 aromatic carbocycles. The maximum Gasteiger partial charge on any atom is 0.255 e. The number of rotatable bonds is 7. The number of hydrogen-bond donors (Lipinski definition) is 2.